The standard InChI is InChI=1S/C15H16N4O/c1-11-6-15-17-8-13(9-19(15)18-11)7-16-14-4-2-12(10-20)3-5-14/h2-6,8-9,16,20H,7,10H2,1H3. The SMILES string of the molecule is Cc1cc2ncc(CNc3ccc(CO)cc3)cn2n1. The first-order valence-corrected chi connectivity index (χ1v) is 6.49. The number of nitrogens with one attached hydrogen (secondary N) is 1. The molecule has 5 heteroatoms. The van der Waals surface area contributed by atoms with E-state index in [2.05, 4.69) is 15.4 Å². The molecule has 0 amide bonds. The summed E-state index contributed by atoms with van der Waals surface area (Å²) in [6.45, 7) is 2.70. The number of hydrogen-bond acceptors (Lipinski definition) is 4. The van der Waals surface area contributed by atoms with E-state index in [1.165, 1.54) is 0 Å². The number of aliphatic hydroxyl groups excluding tert-OH is 1. The number of benzene rings is 1. The second-order valence-electron chi connectivity index (χ2n) is 4.76. The quantitative estimate of drug-likeness (QED) is 0.761. The molecular formula is C15H16N4O. The molecule has 0 aliphatic heterocycles. The maximum atomic E-state index is 9.00. The van der Waals surface area contributed by atoms with Crippen molar-refractivity contribution in [3.05, 3.63) is 59.5 Å². The van der Waals surface area contributed by atoms with Crippen LogP contribution < -0.4 is 5.32 Å². The van der Waals surface area contributed by atoms with Crippen molar-refractivity contribution in [3.63, 3.8) is 0 Å². The Morgan fingerprint density at radius 1 is 1.20 bits per heavy atom. The van der Waals surface area contributed by atoms with E-state index in [1.54, 1.807) is 4.52 Å². The van der Waals surface area contributed by atoms with Crippen molar-refractivity contribution in [2.75, 3.05) is 5.32 Å². The van der Waals surface area contributed by atoms with Gasteiger partial charge in [0.2, 0.25) is 0 Å². The molecule has 5 nitrogen and oxygen atoms in total. The average Bonchev–Trinajstić information content (AvgIpc) is 2.85. The van der Waals surface area contributed by atoms with E-state index in [0.717, 1.165) is 28.2 Å². The lowest BCUT2D eigenvalue weighted by atomic mass is 10.2. The first-order valence-electron chi connectivity index (χ1n) is 6.49. The van der Waals surface area contributed by atoms with Crippen LogP contribution in [0.3, 0.4) is 0 Å². The Kier molecular flexibility index (Phi) is 3.35. The third-order valence-electron chi connectivity index (χ3n) is 3.12. The number of aryl methyl sites for hydroxylation is 1. The fourth-order valence-corrected chi connectivity index (χ4v) is 2.06. The Bertz CT molecular complexity index is 718. The summed E-state index contributed by atoms with van der Waals surface area (Å²) in [5, 5.41) is 16.7. The average molecular weight is 268 g/mol. The Morgan fingerprint density at radius 2 is 2.00 bits per heavy atom. The summed E-state index contributed by atoms with van der Waals surface area (Å²) >= 11 is 0. The van der Waals surface area contributed by atoms with Gasteiger partial charge in [-0.2, -0.15) is 5.10 Å². The van der Waals surface area contributed by atoms with Gasteiger partial charge in [0, 0.05) is 36.3 Å². The maximum Gasteiger partial charge on any atom is 0.155 e. The predicted octanol–water partition coefficient (Wildman–Crippen LogP) is 2.14. The Morgan fingerprint density at radius 3 is 2.75 bits per heavy atom. The first-order chi connectivity index (χ1) is 9.74. The van der Waals surface area contributed by atoms with Crippen LogP contribution in [-0.4, -0.2) is 19.7 Å². The third-order valence-corrected chi connectivity index (χ3v) is 3.12. The van der Waals surface area contributed by atoms with Gasteiger partial charge in [0.15, 0.2) is 5.65 Å². The van der Waals surface area contributed by atoms with Crippen LogP contribution in [-0.2, 0) is 13.2 Å². The summed E-state index contributed by atoms with van der Waals surface area (Å²) < 4.78 is 1.79. The molecule has 0 saturated heterocycles. The number of hydrogen-bond donors (Lipinski definition) is 2. The van der Waals surface area contributed by atoms with Crippen LogP contribution in [0.4, 0.5) is 5.69 Å². The van der Waals surface area contributed by atoms with Gasteiger partial charge in [-0.05, 0) is 24.6 Å². The molecule has 0 spiro atoms. The van der Waals surface area contributed by atoms with Crippen molar-refractivity contribution in [1.82, 2.24) is 14.6 Å². The summed E-state index contributed by atoms with van der Waals surface area (Å²) in [5.41, 5.74) is 4.80. The first kappa shape index (κ1) is 12.6. The lowest BCUT2D eigenvalue weighted by Crippen LogP contribution is -2.02. The minimum atomic E-state index is 0.0690. The molecule has 0 atom stereocenters. The van der Waals surface area contributed by atoms with Gasteiger partial charge in [-0.15, -0.1) is 0 Å². The smallest absolute Gasteiger partial charge is 0.155 e. The highest BCUT2D eigenvalue weighted by Crippen LogP contribution is 2.11. The maximum absolute atomic E-state index is 9.00. The second-order valence-corrected chi connectivity index (χ2v) is 4.76. The predicted molar refractivity (Wildman–Crippen MR) is 77.4 cm³/mol. The fraction of sp³-hybridized carbons (Fsp3) is 0.200. The molecule has 20 heavy (non-hydrogen) atoms. The van der Waals surface area contributed by atoms with E-state index >= 15 is 0 Å². The number of rotatable bonds is 4. The van der Waals surface area contributed by atoms with E-state index in [-0.39, 0.29) is 6.61 Å². The van der Waals surface area contributed by atoms with Crippen molar-refractivity contribution in [1.29, 1.82) is 0 Å². The third kappa shape index (κ3) is 2.62. The summed E-state index contributed by atoms with van der Waals surface area (Å²) in [7, 11) is 0. The number of nitrogens with zero attached hydrogens (tertiary/aromatic N) is 3. The van der Waals surface area contributed by atoms with Crippen LogP contribution in [0.2, 0.25) is 0 Å². The summed E-state index contributed by atoms with van der Waals surface area (Å²) in [6, 6.07) is 9.66. The topological polar surface area (TPSA) is 62.5 Å². The van der Waals surface area contributed by atoms with E-state index in [4.69, 9.17) is 5.11 Å². The molecule has 0 radical (unpaired) electrons. The molecule has 0 unspecified atom stereocenters. The molecule has 0 aliphatic carbocycles. The molecule has 102 valence electrons. The van der Waals surface area contributed by atoms with E-state index < -0.39 is 0 Å². The zero-order chi connectivity index (χ0) is 13.9. The van der Waals surface area contributed by atoms with Crippen LogP contribution in [0, 0.1) is 6.92 Å². The molecular weight excluding hydrogens is 252 g/mol. The van der Waals surface area contributed by atoms with Crippen molar-refractivity contribution in [2.24, 2.45) is 0 Å². The minimum absolute atomic E-state index is 0.0690. The van der Waals surface area contributed by atoms with E-state index in [0.29, 0.717) is 6.54 Å². The second kappa shape index (κ2) is 5.30. The number of fused-ring (bicyclic) bond motifs is 1. The molecule has 0 fully saturated rings. The Hall–Kier alpha value is -2.40. The van der Waals surface area contributed by atoms with Gasteiger partial charge in [0.1, 0.15) is 0 Å². The zero-order valence-electron chi connectivity index (χ0n) is 11.2. The monoisotopic (exact) mass is 268 g/mol. The molecule has 3 aromatic rings. The lowest BCUT2D eigenvalue weighted by molar-refractivity contribution is 0.282. The highest BCUT2D eigenvalue weighted by Gasteiger charge is 2.01. The largest absolute Gasteiger partial charge is 0.392 e. The highest BCUT2D eigenvalue weighted by molar-refractivity contribution is 5.45. The van der Waals surface area contributed by atoms with E-state index in [1.807, 2.05) is 49.6 Å². The zero-order valence-corrected chi connectivity index (χ0v) is 11.2. The minimum Gasteiger partial charge on any atom is -0.392 e. The van der Waals surface area contributed by atoms with Crippen molar-refractivity contribution >= 4 is 11.3 Å². The van der Waals surface area contributed by atoms with E-state index in [9.17, 15) is 0 Å². The number of aliphatic hydroxyl groups is 1. The van der Waals surface area contributed by atoms with Crippen LogP contribution >= 0.6 is 0 Å². The van der Waals surface area contributed by atoms with Crippen molar-refractivity contribution < 1.29 is 5.11 Å². The molecule has 0 bridgehead atoms. The molecule has 1 aromatic carbocycles. The summed E-state index contributed by atoms with van der Waals surface area (Å²) in [4.78, 5) is 4.37. The summed E-state index contributed by atoms with van der Waals surface area (Å²) in [6.07, 6.45) is 3.83. The normalized spacial score (nSPS) is 10.9. The molecule has 3 rings (SSSR count). The van der Waals surface area contributed by atoms with Crippen LogP contribution in [0.15, 0.2) is 42.7 Å². The summed E-state index contributed by atoms with van der Waals surface area (Å²) in [5.74, 6) is 0. The van der Waals surface area contributed by atoms with Crippen molar-refractivity contribution in [3.8, 4) is 0 Å². The molecule has 2 aromatic heterocycles. The van der Waals surface area contributed by atoms with Crippen LogP contribution in [0.1, 0.15) is 16.8 Å². The Balaban J connectivity index is 1.72. The van der Waals surface area contributed by atoms with Crippen LogP contribution in [0.5, 0.6) is 0 Å². The highest BCUT2D eigenvalue weighted by atomic mass is 16.3. The van der Waals surface area contributed by atoms with Gasteiger partial charge >= 0.3 is 0 Å². The molecule has 2 heterocycles. The lowest BCUT2D eigenvalue weighted by Gasteiger charge is -2.07. The molecule has 0 saturated carbocycles. The molecule has 0 aliphatic rings. The number of anilines is 1. The van der Waals surface area contributed by atoms with Gasteiger partial charge in [-0.1, -0.05) is 12.1 Å². The molecule has 2 N–H and O–H groups in total. The number of aromatic nitrogens is 3. The van der Waals surface area contributed by atoms with Gasteiger partial charge in [-0.3, -0.25) is 0 Å². The fourth-order valence-electron chi connectivity index (χ4n) is 2.06. The Labute approximate surface area is 116 Å². The van der Waals surface area contributed by atoms with Crippen molar-refractivity contribution in [2.45, 2.75) is 20.1 Å². The van der Waals surface area contributed by atoms with Gasteiger partial charge in [-0.25, -0.2) is 9.50 Å². The van der Waals surface area contributed by atoms with Gasteiger partial charge in [0.25, 0.3) is 0 Å². The van der Waals surface area contributed by atoms with Crippen LogP contribution in [0.25, 0.3) is 5.65 Å². The van der Waals surface area contributed by atoms with Gasteiger partial charge in [0.05, 0.1) is 12.3 Å². The van der Waals surface area contributed by atoms with Gasteiger partial charge < -0.3 is 10.4 Å².